The van der Waals surface area contributed by atoms with Gasteiger partial charge in [0.15, 0.2) is 5.65 Å². The second-order valence-corrected chi connectivity index (χ2v) is 4.72. The largest absolute Gasteiger partial charge is 0.395 e. The molecule has 2 N–H and O–H groups in total. The molecule has 1 atom stereocenters. The fraction of sp³-hybridized carbons (Fsp3) is 0.455. The zero-order valence-electron chi connectivity index (χ0n) is 10.0. The van der Waals surface area contributed by atoms with Crippen molar-refractivity contribution in [2.45, 2.75) is 12.6 Å². The lowest BCUT2D eigenvalue weighted by atomic mass is 10.3. The summed E-state index contributed by atoms with van der Waals surface area (Å²) in [7, 11) is 1.61. The van der Waals surface area contributed by atoms with Gasteiger partial charge in [-0.05, 0) is 15.9 Å². The first-order valence-electron chi connectivity index (χ1n) is 5.55. The van der Waals surface area contributed by atoms with Crippen LogP contribution in [0.3, 0.4) is 0 Å². The monoisotopic (exact) mass is 314 g/mol. The van der Waals surface area contributed by atoms with Crippen molar-refractivity contribution in [3.8, 4) is 0 Å². The van der Waals surface area contributed by atoms with Crippen molar-refractivity contribution >= 4 is 21.6 Å². The van der Waals surface area contributed by atoms with Gasteiger partial charge in [-0.2, -0.15) is 0 Å². The first-order chi connectivity index (χ1) is 8.74. The molecule has 2 rings (SSSR count). The minimum absolute atomic E-state index is 0.0375. The molecule has 0 saturated carbocycles. The molecule has 18 heavy (non-hydrogen) atoms. The highest BCUT2D eigenvalue weighted by Gasteiger charge is 2.09. The van der Waals surface area contributed by atoms with E-state index in [4.69, 9.17) is 9.84 Å². The van der Waals surface area contributed by atoms with Gasteiger partial charge < -0.3 is 15.2 Å². The molecular formula is C11H15BrN4O2. The molecule has 0 radical (unpaired) electrons. The van der Waals surface area contributed by atoms with Crippen LogP contribution in [0.1, 0.15) is 5.69 Å². The molecule has 1 unspecified atom stereocenters. The third-order valence-corrected chi connectivity index (χ3v) is 3.01. The lowest BCUT2D eigenvalue weighted by molar-refractivity contribution is 0.128. The third kappa shape index (κ3) is 3.05. The smallest absolute Gasteiger partial charge is 0.155 e. The number of halogens is 1. The Morgan fingerprint density at radius 3 is 3.06 bits per heavy atom. The molecule has 2 aromatic heterocycles. The molecule has 2 aromatic rings. The van der Waals surface area contributed by atoms with E-state index >= 15 is 0 Å². The topological polar surface area (TPSA) is 71.7 Å². The van der Waals surface area contributed by atoms with Crippen LogP contribution in [-0.4, -0.2) is 45.8 Å². The number of hydrogen-bond acceptors (Lipinski definition) is 5. The van der Waals surface area contributed by atoms with Gasteiger partial charge in [-0.15, -0.1) is 0 Å². The minimum atomic E-state index is -0.0779. The number of aromatic nitrogens is 3. The molecule has 98 valence electrons. The van der Waals surface area contributed by atoms with Crippen LogP contribution in [0.2, 0.25) is 0 Å². The molecule has 0 fully saturated rings. The summed E-state index contributed by atoms with van der Waals surface area (Å²) in [6, 6.07) is -0.0779. The Balaban J connectivity index is 2.09. The SMILES string of the molecule is COCC(CO)NCc1cnc2cnc(Br)cn12. The fourth-order valence-corrected chi connectivity index (χ4v) is 1.98. The maximum absolute atomic E-state index is 9.16. The van der Waals surface area contributed by atoms with E-state index in [0.717, 1.165) is 15.9 Å². The van der Waals surface area contributed by atoms with E-state index in [1.54, 1.807) is 19.5 Å². The fourth-order valence-electron chi connectivity index (χ4n) is 1.67. The van der Waals surface area contributed by atoms with Crippen LogP contribution in [-0.2, 0) is 11.3 Å². The molecule has 0 aliphatic rings. The van der Waals surface area contributed by atoms with Gasteiger partial charge in [0.2, 0.25) is 0 Å². The Morgan fingerprint density at radius 2 is 2.33 bits per heavy atom. The number of hydrogen-bond donors (Lipinski definition) is 2. The van der Waals surface area contributed by atoms with Gasteiger partial charge in [-0.1, -0.05) is 0 Å². The van der Waals surface area contributed by atoms with E-state index in [0.29, 0.717) is 13.2 Å². The van der Waals surface area contributed by atoms with Gasteiger partial charge in [0, 0.05) is 19.9 Å². The molecule has 7 heteroatoms. The van der Waals surface area contributed by atoms with E-state index in [1.807, 2.05) is 10.6 Å². The molecule has 6 nitrogen and oxygen atoms in total. The summed E-state index contributed by atoms with van der Waals surface area (Å²) in [6.07, 6.45) is 5.35. The van der Waals surface area contributed by atoms with Crippen molar-refractivity contribution in [3.63, 3.8) is 0 Å². The van der Waals surface area contributed by atoms with Crippen LogP contribution in [0.5, 0.6) is 0 Å². The normalized spacial score (nSPS) is 13.1. The zero-order valence-corrected chi connectivity index (χ0v) is 11.6. The van der Waals surface area contributed by atoms with E-state index in [2.05, 4.69) is 31.2 Å². The Morgan fingerprint density at radius 1 is 1.50 bits per heavy atom. The second kappa shape index (κ2) is 6.24. The van der Waals surface area contributed by atoms with Crippen molar-refractivity contribution in [1.82, 2.24) is 19.7 Å². The third-order valence-electron chi connectivity index (χ3n) is 2.60. The number of nitrogens with one attached hydrogen (secondary N) is 1. The molecule has 0 amide bonds. The van der Waals surface area contributed by atoms with E-state index in [9.17, 15) is 0 Å². The van der Waals surface area contributed by atoms with Gasteiger partial charge in [0.1, 0.15) is 4.60 Å². The molecule has 0 saturated heterocycles. The van der Waals surface area contributed by atoms with E-state index in [-0.39, 0.29) is 12.6 Å². The van der Waals surface area contributed by atoms with Crippen molar-refractivity contribution in [1.29, 1.82) is 0 Å². The summed E-state index contributed by atoms with van der Waals surface area (Å²) >= 11 is 3.33. The Hall–Kier alpha value is -1.02. The first-order valence-corrected chi connectivity index (χ1v) is 6.34. The van der Waals surface area contributed by atoms with E-state index in [1.165, 1.54) is 0 Å². The van der Waals surface area contributed by atoms with Crippen LogP contribution in [0.15, 0.2) is 23.2 Å². The molecule has 0 aliphatic heterocycles. The summed E-state index contributed by atoms with van der Waals surface area (Å²) in [5.41, 5.74) is 1.80. The Labute approximate surface area is 113 Å². The zero-order chi connectivity index (χ0) is 13.0. The summed E-state index contributed by atoms with van der Waals surface area (Å²) in [6.45, 7) is 1.11. The molecule has 0 bridgehead atoms. The predicted molar refractivity (Wildman–Crippen MR) is 70.3 cm³/mol. The molecule has 0 aliphatic carbocycles. The predicted octanol–water partition coefficient (Wildman–Crippen LogP) is 0.589. The van der Waals surface area contributed by atoms with Gasteiger partial charge in [0.25, 0.3) is 0 Å². The lowest BCUT2D eigenvalue weighted by Gasteiger charge is -2.14. The number of methoxy groups -OCH3 is 1. The molecule has 0 aromatic carbocycles. The van der Waals surface area contributed by atoms with Crippen molar-refractivity contribution in [3.05, 3.63) is 28.9 Å². The number of aliphatic hydroxyl groups excluding tert-OH is 1. The average Bonchev–Trinajstić information content (AvgIpc) is 2.77. The highest BCUT2D eigenvalue weighted by Crippen LogP contribution is 2.10. The number of ether oxygens (including phenoxy) is 1. The van der Waals surface area contributed by atoms with Crippen molar-refractivity contribution in [2.24, 2.45) is 0 Å². The summed E-state index contributed by atoms with van der Waals surface area (Å²) < 4.78 is 7.71. The van der Waals surface area contributed by atoms with Crippen LogP contribution < -0.4 is 5.32 Å². The number of nitrogens with zero attached hydrogens (tertiary/aromatic N) is 3. The molecule has 0 spiro atoms. The molecule has 2 heterocycles. The van der Waals surface area contributed by atoms with Crippen LogP contribution >= 0.6 is 15.9 Å². The number of aliphatic hydroxyl groups is 1. The first kappa shape index (κ1) is 13.4. The Kier molecular flexibility index (Phi) is 4.65. The molecular weight excluding hydrogens is 300 g/mol. The van der Waals surface area contributed by atoms with Crippen LogP contribution in [0.25, 0.3) is 5.65 Å². The number of rotatable bonds is 6. The highest BCUT2D eigenvalue weighted by atomic mass is 79.9. The number of fused-ring (bicyclic) bond motifs is 1. The maximum Gasteiger partial charge on any atom is 0.155 e. The number of imidazole rings is 1. The summed E-state index contributed by atoms with van der Waals surface area (Å²) in [5, 5.41) is 12.4. The Bertz CT molecular complexity index is 517. The van der Waals surface area contributed by atoms with Crippen LogP contribution in [0, 0.1) is 0 Å². The van der Waals surface area contributed by atoms with Gasteiger partial charge in [-0.3, -0.25) is 4.40 Å². The standard InChI is InChI=1S/C11H15BrN4O2/c1-18-7-8(6-17)13-2-9-3-15-11-4-14-10(12)5-16(9)11/h3-5,8,13,17H,2,6-7H2,1H3. The summed E-state index contributed by atoms with van der Waals surface area (Å²) in [4.78, 5) is 8.37. The highest BCUT2D eigenvalue weighted by molar-refractivity contribution is 9.10. The lowest BCUT2D eigenvalue weighted by Crippen LogP contribution is -2.36. The summed E-state index contributed by atoms with van der Waals surface area (Å²) in [5.74, 6) is 0. The van der Waals surface area contributed by atoms with Gasteiger partial charge >= 0.3 is 0 Å². The van der Waals surface area contributed by atoms with Crippen molar-refractivity contribution < 1.29 is 9.84 Å². The quantitative estimate of drug-likeness (QED) is 0.816. The van der Waals surface area contributed by atoms with Crippen LogP contribution in [0.4, 0.5) is 0 Å². The maximum atomic E-state index is 9.16. The van der Waals surface area contributed by atoms with Gasteiger partial charge in [0.05, 0.1) is 37.3 Å². The minimum Gasteiger partial charge on any atom is -0.395 e. The van der Waals surface area contributed by atoms with Crippen molar-refractivity contribution in [2.75, 3.05) is 20.3 Å². The van der Waals surface area contributed by atoms with Gasteiger partial charge in [-0.25, -0.2) is 9.97 Å². The second-order valence-electron chi connectivity index (χ2n) is 3.90. The van der Waals surface area contributed by atoms with E-state index < -0.39 is 0 Å². The average molecular weight is 315 g/mol.